The van der Waals surface area contributed by atoms with E-state index in [1.807, 2.05) is 6.20 Å². The molecule has 0 N–H and O–H groups in total. The van der Waals surface area contributed by atoms with Crippen molar-refractivity contribution in [3.05, 3.63) is 41.6 Å². The van der Waals surface area contributed by atoms with Crippen LogP contribution in [-0.2, 0) is 13.0 Å². The zero-order valence-corrected chi connectivity index (χ0v) is 12.5. The molecule has 0 unspecified atom stereocenters. The number of likely N-dealkylation sites (N-methyl/N-ethyl adjacent to an activating group) is 1. The van der Waals surface area contributed by atoms with Crippen LogP contribution < -0.4 is 0 Å². The molecule has 3 heteroatoms. The summed E-state index contributed by atoms with van der Waals surface area (Å²) in [5, 5.41) is 1.41. The molecule has 2 nitrogen and oxygen atoms in total. The average molecular weight is 277 g/mol. The fourth-order valence-electron chi connectivity index (χ4n) is 3.04. The molecule has 2 aromatic rings. The van der Waals surface area contributed by atoms with Gasteiger partial charge in [-0.25, -0.2) is 0 Å². The van der Waals surface area contributed by atoms with Gasteiger partial charge in [0.2, 0.25) is 0 Å². The summed E-state index contributed by atoms with van der Waals surface area (Å²) in [5.41, 5.74) is 5.59. The van der Waals surface area contributed by atoms with Crippen molar-refractivity contribution in [2.45, 2.75) is 26.8 Å². The first-order valence-electron chi connectivity index (χ1n) is 6.71. The van der Waals surface area contributed by atoms with Crippen LogP contribution >= 0.6 is 12.4 Å². The molecule has 0 atom stereocenters. The lowest BCUT2D eigenvalue weighted by molar-refractivity contribution is 0.267. The summed E-state index contributed by atoms with van der Waals surface area (Å²) < 4.78 is 2.27. The predicted octanol–water partition coefficient (Wildman–Crippen LogP) is 3.85. The molecule has 0 bridgehead atoms. The topological polar surface area (TPSA) is 8.17 Å². The van der Waals surface area contributed by atoms with Crippen LogP contribution in [0.15, 0.2) is 24.8 Å². The van der Waals surface area contributed by atoms with Crippen LogP contribution in [-0.4, -0.2) is 22.6 Å². The minimum Gasteiger partial charge on any atom is -0.320 e. The van der Waals surface area contributed by atoms with E-state index in [1.54, 1.807) is 0 Å². The van der Waals surface area contributed by atoms with Crippen molar-refractivity contribution in [1.82, 2.24) is 9.47 Å². The second kappa shape index (κ2) is 5.40. The lowest BCUT2D eigenvalue weighted by atomic mass is 10.0. The van der Waals surface area contributed by atoms with Gasteiger partial charge in [0, 0.05) is 36.8 Å². The van der Waals surface area contributed by atoms with E-state index in [-0.39, 0.29) is 12.4 Å². The molecule has 3 rings (SSSR count). The Labute approximate surface area is 121 Å². The Bertz CT molecular complexity index is 613. The van der Waals surface area contributed by atoms with Crippen molar-refractivity contribution in [2.75, 3.05) is 13.1 Å². The van der Waals surface area contributed by atoms with Crippen molar-refractivity contribution in [2.24, 2.45) is 0 Å². The predicted molar refractivity (Wildman–Crippen MR) is 85.0 cm³/mol. The third-order valence-corrected chi connectivity index (χ3v) is 4.05. The van der Waals surface area contributed by atoms with E-state index in [9.17, 15) is 0 Å². The molecule has 0 spiro atoms. The first-order chi connectivity index (χ1) is 8.74. The zero-order valence-electron chi connectivity index (χ0n) is 11.6. The SMILES string of the molecule is C=Cn1c2c(c3cc(C)ccc31)CN(CC)CC2.Cl. The summed E-state index contributed by atoms with van der Waals surface area (Å²) in [4.78, 5) is 2.51. The molecular formula is C16H21ClN2. The van der Waals surface area contributed by atoms with Gasteiger partial charge in [-0.05, 0) is 31.2 Å². The van der Waals surface area contributed by atoms with Crippen LogP contribution in [0.3, 0.4) is 0 Å². The van der Waals surface area contributed by atoms with E-state index in [2.05, 4.69) is 48.1 Å². The maximum absolute atomic E-state index is 3.97. The fourth-order valence-corrected chi connectivity index (χ4v) is 3.04. The van der Waals surface area contributed by atoms with Crippen molar-refractivity contribution < 1.29 is 0 Å². The minimum atomic E-state index is 0. The number of nitrogens with zero attached hydrogens (tertiary/aromatic N) is 2. The van der Waals surface area contributed by atoms with Gasteiger partial charge in [-0.15, -0.1) is 12.4 Å². The van der Waals surface area contributed by atoms with Crippen LogP contribution in [0.2, 0.25) is 0 Å². The Hall–Kier alpha value is -1.25. The molecule has 1 aliphatic rings. The number of benzene rings is 1. The Kier molecular flexibility index (Phi) is 4.02. The van der Waals surface area contributed by atoms with Crippen LogP contribution in [0.1, 0.15) is 23.7 Å². The molecule has 0 saturated carbocycles. The lowest BCUT2D eigenvalue weighted by Crippen LogP contribution is -2.30. The molecule has 0 radical (unpaired) electrons. The number of rotatable bonds is 2. The molecule has 0 saturated heterocycles. The number of aromatic nitrogens is 1. The summed E-state index contributed by atoms with van der Waals surface area (Å²) in [6.45, 7) is 11.7. The van der Waals surface area contributed by atoms with E-state index < -0.39 is 0 Å². The molecule has 19 heavy (non-hydrogen) atoms. The first kappa shape index (κ1) is 14.2. The highest BCUT2D eigenvalue weighted by molar-refractivity contribution is 5.88. The molecule has 1 aromatic heterocycles. The van der Waals surface area contributed by atoms with Gasteiger partial charge < -0.3 is 4.57 Å². The maximum atomic E-state index is 3.97. The van der Waals surface area contributed by atoms with Crippen molar-refractivity contribution in [3.8, 4) is 0 Å². The minimum absolute atomic E-state index is 0. The molecule has 0 aliphatic carbocycles. The van der Waals surface area contributed by atoms with Gasteiger partial charge in [-0.1, -0.05) is 25.1 Å². The van der Waals surface area contributed by atoms with Gasteiger partial charge in [-0.2, -0.15) is 0 Å². The highest BCUT2D eigenvalue weighted by Crippen LogP contribution is 2.31. The number of hydrogen-bond acceptors (Lipinski definition) is 1. The molecular weight excluding hydrogens is 256 g/mol. The normalized spacial score (nSPS) is 15.1. The first-order valence-corrected chi connectivity index (χ1v) is 6.71. The van der Waals surface area contributed by atoms with Gasteiger partial charge in [0.25, 0.3) is 0 Å². The summed E-state index contributed by atoms with van der Waals surface area (Å²) >= 11 is 0. The number of hydrogen-bond donors (Lipinski definition) is 0. The van der Waals surface area contributed by atoms with Crippen molar-refractivity contribution >= 4 is 29.5 Å². The summed E-state index contributed by atoms with van der Waals surface area (Å²) in [7, 11) is 0. The smallest absolute Gasteiger partial charge is 0.0528 e. The van der Waals surface area contributed by atoms with Gasteiger partial charge in [0.05, 0.1) is 5.52 Å². The number of aryl methyl sites for hydroxylation is 1. The Balaban J connectivity index is 0.00000133. The standard InChI is InChI=1S/C16H20N2.ClH/c1-4-17-9-8-16-14(11-17)13-10-12(3)6-7-15(13)18(16)5-2;/h5-7,10H,2,4,8-9,11H2,1,3H3;1H. The highest BCUT2D eigenvalue weighted by Gasteiger charge is 2.22. The average Bonchev–Trinajstić information content (AvgIpc) is 2.71. The lowest BCUT2D eigenvalue weighted by Gasteiger charge is -2.26. The van der Waals surface area contributed by atoms with Crippen LogP contribution in [0.5, 0.6) is 0 Å². The monoisotopic (exact) mass is 276 g/mol. The molecule has 102 valence electrons. The highest BCUT2D eigenvalue weighted by atomic mass is 35.5. The van der Waals surface area contributed by atoms with Gasteiger partial charge in [0.1, 0.15) is 0 Å². The van der Waals surface area contributed by atoms with E-state index in [0.29, 0.717) is 0 Å². The van der Waals surface area contributed by atoms with Gasteiger partial charge >= 0.3 is 0 Å². The largest absolute Gasteiger partial charge is 0.320 e. The Morgan fingerprint density at radius 1 is 1.37 bits per heavy atom. The van der Waals surface area contributed by atoms with Crippen LogP contribution in [0.4, 0.5) is 0 Å². The Morgan fingerprint density at radius 3 is 2.84 bits per heavy atom. The molecule has 2 heterocycles. The van der Waals surface area contributed by atoms with Gasteiger partial charge in [-0.3, -0.25) is 4.90 Å². The summed E-state index contributed by atoms with van der Waals surface area (Å²) in [5.74, 6) is 0. The second-order valence-electron chi connectivity index (χ2n) is 5.12. The van der Waals surface area contributed by atoms with Crippen molar-refractivity contribution in [3.63, 3.8) is 0 Å². The van der Waals surface area contributed by atoms with Crippen LogP contribution in [0, 0.1) is 6.92 Å². The van der Waals surface area contributed by atoms with Crippen molar-refractivity contribution in [1.29, 1.82) is 0 Å². The maximum Gasteiger partial charge on any atom is 0.0528 e. The summed E-state index contributed by atoms with van der Waals surface area (Å²) in [6.07, 6.45) is 3.08. The number of halogens is 1. The van der Waals surface area contributed by atoms with E-state index in [1.165, 1.54) is 27.7 Å². The van der Waals surface area contributed by atoms with E-state index >= 15 is 0 Å². The zero-order chi connectivity index (χ0) is 12.7. The van der Waals surface area contributed by atoms with E-state index in [0.717, 1.165) is 26.1 Å². The van der Waals surface area contributed by atoms with Gasteiger partial charge in [0.15, 0.2) is 0 Å². The Morgan fingerprint density at radius 2 is 2.16 bits per heavy atom. The second-order valence-corrected chi connectivity index (χ2v) is 5.12. The number of fused-ring (bicyclic) bond motifs is 3. The third-order valence-electron chi connectivity index (χ3n) is 4.05. The molecule has 0 amide bonds. The van der Waals surface area contributed by atoms with Crippen LogP contribution in [0.25, 0.3) is 17.1 Å². The fraction of sp³-hybridized carbons (Fsp3) is 0.375. The molecule has 1 aliphatic heterocycles. The van der Waals surface area contributed by atoms with E-state index in [4.69, 9.17) is 0 Å². The molecule has 0 fully saturated rings. The summed E-state index contributed by atoms with van der Waals surface area (Å²) in [6, 6.07) is 6.72. The molecule has 1 aromatic carbocycles. The third kappa shape index (κ3) is 2.19. The quantitative estimate of drug-likeness (QED) is 0.809.